The maximum Gasteiger partial charge on any atom is 0.136 e. The Labute approximate surface area is 82.1 Å². The first-order valence-electron chi connectivity index (χ1n) is 4.34. The minimum atomic E-state index is 0.213. The molecule has 2 heterocycles. The summed E-state index contributed by atoms with van der Waals surface area (Å²) in [4.78, 5) is 8.27. The fourth-order valence-corrected chi connectivity index (χ4v) is 1.20. The molecule has 0 spiro atoms. The Bertz CT molecular complexity index is 440. The lowest BCUT2D eigenvalue weighted by molar-refractivity contribution is 0.468. The normalized spacial score (nSPS) is 10.1. The number of hydrogen-bond acceptors (Lipinski definition) is 3. The van der Waals surface area contributed by atoms with Crippen LogP contribution in [0.3, 0.4) is 0 Å². The average Bonchev–Trinajstić information content (AvgIpc) is 2.23. The molecule has 0 bridgehead atoms. The molecule has 14 heavy (non-hydrogen) atoms. The van der Waals surface area contributed by atoms with Crippen LogP contribution in [0.25, 0.3) is 11.4 Å². The first-order chi connectivity index (χ1) is 6.77. The monoisotopic (exact) mass is 186 g/mol. The van der Waals surface area contributed by atoms with E-state index in [1.54, 1.807) is 6.20 Å². The highest BCUT2D eigenvalue weighted by Crippen LogP contribution is 2.20. The molecule has 0 aliphatic heterocycles. The number of pyridine rings is 2. The Morgan fingerprint density at radius 3 is 2.64 bits per heavy atom. The Kier molecular flexibility index (Phi) is 2.14. The molecule has 3 heteroatoms. The highest BCUT2D eigenvalue weighted by molar-refractivity contribution is 5.55. The second-order valence-electron chi connectivity index (χ2n) is 3.07. The van der Waals surface area contributed by atoms with Crippen LogP contribution >= 0.6 is 0 Å². The van der Waals surface area contributed by atoms with Gasteiger partial charge in [0, 0.05) is 6.20 Å². The summed E-state index contributed by atoms with van der Waals surface area (Å²) in [5, 5.41) is 9.31. The number of aromatic nitrogens is 2. The van der Waals surface area contributed by atoms with E-state index in [1.165, 1.54) is 6.20 Å². The lowest BCUT2D eigenvalue weighted by Crippen LogP contribution is -1.87. The van der Waals surface area contributed by atoms with Gasteiger partial charge in [0.05, 0.1) is 17.6 Å². The highest BCUT2D eigenvalue weighted by atomic mass is 16.3. The SMILES string of the molecule is Cc1cc(-c2ccccn2)ncc1O. The van der Waals surface area contributed by atoms with Gasteiger partial charge in [-0.3, -0.25) is 9.97 Å². The second-order valence-corrected chi connectivity index (χ2v) is 3.07. The van der Waals surface area contributed by atoms with Crippen molar-refractivity contribution < 1.29 is 5.11 Å². The Morgan fingerprint density at radius 2 is 2.00 bits per heavy atom. The van der Waals surface area contributed by atoms with Crippen molar-refractivity contribution in [2.24, 2.45) is 0 Å². The predicted octanol–water partition coefficient (Wildman–Crippen LogP) is 2.16. The molecule has 0 aliphatic carbocycles. The summed E-state index contributed by atoms with van der Waals surface area (Å²) >= 11 is 0. The molecule has 2 aromatic heterocycles. The summed E-state index contributed by atoms with van der Waals surface area (Å²) in [5.41, 5.74) is 2.40. The first kappa shape index (κ1) is 8.69. The molecule has 0 fully saturated rings. The maximum absolute atomic E-state index is 9.31. The molecule has 70 valence electrons. The van der Waals surface area contributed by atoms with Crippen molar-refractivity contribution in [1.29, 1.82) is 0 Å². The van der Waals surface area contributed by atoms with Crippen LogP contribution in [0, 0.1) is 6.92 Å². The molecule has 0 saturated carbocycles. The van der Waals surface area contributed by atoms with Gasteiger partial charge in [0.2, 0.25) is 0 Å². The van der Waals surface area contributed by atoms with Crippen molar-refractivity contribution in [3.63, 3.8) is 0 Å². The Morgan fingerprint density at radius 1 is 1.14 bits per heavy atom. The summed E-state index contributed by atoms with van der Waals surface area (Å²) in [7, 11) is 0. The first-order valence-corrected chi connectivity index (χ1v) is 4.34. The molecule has 2 rings (SSSR count). The smallest absolute Gasteiger partial charge is 0.136 e. The Balaban J connectivity index is 2.48. The van der Waals surface area contributed by atoms with Crippen LogP contribution in [0.15, 0.2) is 36.7 Å². The van der Waals surface area contributed by atoms with E-state index in [-0.39, 0.29) is 5.75 Å². The third-order valence-corrected chi connectivity index (χ3v) is 2.01. The number of nitrogens with zero attached hydrogens (tertiary/aromatic N) is 2. The van der Waals surface area contributed by atoms with Gasteiger partial charge in [0.25, 0.3) is 0 Å². The average molecular weight is 186 g/mol. The molecule has 0 unspecified atom stereocenters. The molecule has 0 amide bonds. The Hall–Kier alpha value is -1.90. The minimum Gasteiger partial charge on any atom is -0.506 e. The van der Waals surface area contributed by atoms with Gasteiger partial charge < -0.3 is 5.11 Å². The molecule has 3 nitrogen and oxygen atoms in total. The van der Waals surface area contributed by atoms with Crippen LogP contribution < -0.4 is 0 Å². The van der Waals surface area contributed by atoms with Gasteiger partial charge in [-0.15, -0.1) is 0 Å². The van der Waals surface area contributed by atoms with E-state index in [4.69, 9.17) is 0 Å². The van der Waals surface area contributed by atoms with Crippen LogP contribution in [0.2, 0.25) is 0 Å². The van der Waals surface area contributed by atoms with Gasteiger partial charge in [-0.05, 0) is 30.7 Å². The summed E-state index contributed by atoms with van der Waals surface area (Å²) in [6, 6.07) is 7.47. The second kappa shape index (κ2) is 3.46. The molecule has 1 N–H and O–H groups in total. The van der Waals surface area contributed by atoms with Crippen molar-refractivity contribution in [1.82, 2.24) is 9.97 Å². The fraction of sp³-hybridized carbons (Fsp3) is 0.0909. The lowest BCUT2D eigenvalue weighted by atomic mass is 10.2. The zero-order valence-electron chi connectivity index (χ0n) is 7.81. The predicted molar refractivity (Wildman–Crippen MR) is 53.9 cm³/mol. The van der Waals surface area contributed by atoms with E-state index in [2.05, 4.69) is 9.97 Å². The molecule has 0 aliphatic rings. The lowest BCUT2D eigenvalue weighted by Gasteiger charge is -2.01. The molecular formula is C11H10N2O. The number of rotatable bonds is 1. The van der Waals surface area contributed by atoms with Gasteiger partial charge in [-0.1, -0.05) is 6.07 Å². The van der Waals surface area contributed by atoms with E-state index in [0.717, 1.165) is 17.0 Å². The van der Waals surface area contributed by atoms with Crippen molar-refractivity contribution in [2.75, 3.05) is 0 Å². The molecule has 2 aromatic rings. The molecule has 0 saturated heterocycles. The van der Waals surface area contributed by atoms with E-state index < -0.39 is 0 Å². The van der Waals surface area contributed by atoms with Crippen molar-refractivity contribution in [3.05, 3.63) is 42.2 Å². The van der Waals surface area contributed by atoms with E-state index >= 15 is 0 Å². The molecular weight excluding hydrogens is 176 g/mol. The van der Waals surface area contributed by atoms with Crippen molar-refractivity contribution in [3.8, 4) is 17.1 Å². The quantitative estimate of drug-likeness (QED) is 0.742. The maximum atomic E-state index is 9.31. The van der Waals surface area contributed by atoms with Crippen LogP contribution in [0.1, 0.15) is 5.56 Å². The van der Waals surface area contributed by atoms with E-state index in [1.807, 2.05) is 31.2 Å². The molecule has 0 radical (unpaired) electrons. The van der Waals surface area contributed by atoms with Crippen molar-refractivity contribution in [2.45, 2.75) is 6.92 Å². The van der Waals surface area contributed by atoms with Crippen LogP contribution in [-0.2, 0) is 0 Å². The highest BCUT2D eigenvalue weighted by Gasteiger charge is 2.02. The molecule has 0 atom stereocenters. The summed E-state index contributed by atoms with van der Waals surface area (Å²) in [6.45, 7) is 1.84. The van der Waals surface area contributed by atoms with Crippen molar-refractivity contribution >= 4 is 0 Å². The van der Waals surface area contributed by atoms with Gasteiger partial charge >= 0.3 is 0 Å². The summed E-state index contributed by atoms with van der Waals surface area (Å²) in [5.74, 6) is 0.213. The third kappa shape index (κ3) is 1.57. The number of aryl methyl sites for hydroxylation is 1. The molecule has 0 aromatic carbocycles. The summed E-state index contributed by atoms with van der Waals surface area (Å²) in [6.07, 6.45) is 3.17. The summed E-state index contributed by atoms with van der Waals surface area (Å²) < 4.78 is 0. The minimum absolute atomic E-state index is 0.213. The van der Waals surface area contributed by atoms with Gasteiger partial charge in [0.1, 0.15) is 5.75 Å². The van der Waals surface area contributed by atoms with Gasteiger partial charge in [0.15, 0.2) is 0 Å². The van der Waals surface area contributed by atoms with Crippen LogP contribution in [0.4, 0.5) is 0 Å². The fourth-order valence-electron chi connectivity index (χ4n) is 1.20. The zero-order valence-corrected chi connectivity index (χ0v) is 7.81. The third-order valence-electron chi connectivity index (χ3n) is 2.01. The van der Waals surface area contributed by atoms with Gasteiger partial charge in [-0.2, -0.15) is 0 Å². The van der Waals surface area contributed by atoms with Crippen LogP contribution in [0.5, 0.6) is 5.75 Å². The van der Waals surface area contributed by atoms with E-state index in [9.17, 15) is 5.11 Å². The van der Waals surface area contributed by atoms with E-state index in [0.29, 0.717) is 0 Å². The number of hydrogen-bond donors (Lipinski definition) is 1. The largest absolute Gasteiger partial charge is 0.506 e. The van der Waals surface area contributed by atoms with Crippen LogP contribution in [-0.4, -0.2) is 15.1 Å². The topological polar surface area (TPSA) is 46.0 Å². The zero-order chi connectivity index (χ0) is 9.97. The number of aromatic hydroxyl groups is 1. The standard InChI is InChI=1S/C11H10N2O/c1-8-6-10(13-7-11(8)14)9-4-2-3-5-12-9/h2-7,14H,1H3. The van der Waals surface area contributed by atoms with Gasteiger partial charge in [-0.25, -0.2) is 0 Å².